The van der Waals surface area contributed by atoms with Crippen LogP contribution in [0.4, 0.5) is 0 Å². The summed E-state index contributed by atoms with van der Waals surface area (Å²) in [5.74, 6) is -9.85. The monoisotopic (exact) mass is 892 g/mol. The predicted molar refractivity (Wildman–Crippen MR) is 220 cm³/mol. The van der Waals surface area contributed by atoms with Gasteiger partial charge < -0.3 is 23.3 Å². The zero-order valence-corrected chi connectivity index (χ0v) is 42.4. The molecule has 0 aromatic heterocycles. The van der Waals surface area contributed by atoms with Gasteiger partial charge in [-0.25, -0.2) is 0 Å². The summed E-state index contributed by atoms with van der Waals surface area (Å²) in [5, 5.41) is 38.6. The van der Waals surface area contributed by atoms with E-state index in [1.54, 1.807) is 0 Å². The fraction of sp³-hybridized carbons (Fsp3) is 0.900. The van der Waals surface area contributed by atoms with Gasteiger partial charge in [-0.15, -0.1) is 0 Å². The SMILES string of the molecule is CCCCCCCCC(C(=O)O)C(CCCCCCCC)(C(=O)O)S(=O)(=O)O.CCCCCCCCC(C(=O)O)C(CCCCCCCC)(C(=O)O)S(=O)(=O)O.[H-].[H-].[Na+].[Na+]. The van der Waals surface area contributed by atoms with Crippen molar-refractivity contribution in [1.29, 1.82) is 0 Å². The van der Waals surface area contributed by atoms with E-state index in [1.807, 2.05) is 0 Å². The van der Waals surface area contributed by atoms with Crippen molar-refractivity contribution in [1.82, 2.24) is 0 Å². The molecule has 0 saturated carbocycles. The van der Waals surface area contributed by atoms with Crippen LogP contribution in [0.15, 0.2) is 0 Å². The topological polar surface area (TPSA) is 258 Å². The zero-order chi connectivity index (χ0) is 43.3. The molecule has 6 N–H and O–H groups in total. The number of carboxylic acids is 4. The Labute approximate surface area is 397 Å². The van der Waals surface area contributed by atoms with Crippen LogP contribution in [0.2, 0.25) is 0 Å². The number of hydrogen-bond donors (Lipinski definition) is 6. The normalized spacial score (nSPS) is 14.6. The summed E-state index contributed by atoms with van der Waals surface area (Å²) in [6.45, 7) is 8.28. The molecule has 0 radical (unpaired) electrons. The van der Waals surface area contributed by atoms with E-state index >= 15 is 0 Å². The van der Waals surface area contributed by atoms with Gasteiger partial charge in [-0.2, -0.15) is 16.8 Å². The molecule has 0 amide bonds. The maximum Gasteiger partial charge on any atom is 1.00 e. The van der Waals surface area contributed by atoms with Gasteiger partial charge in [-0.05, 0) is 25.7 Å². The second-order valence-electron chi connectivity index (χ2n) is 15.3. The van der Waals surface area contributed by atoms with E-state index in [1.165, 1.54) is 0 Å². The Hall–Kier alpha value is -0.300. The number of hydrogen-bond acceptors (Lipinski definition) is 8. The van der Waals surface area contributed by atoms with Crippen LogP contribution in [-0.2, 0) is 39.4 Å². The van der Waals surface area contributed by atoms with Gasteiger partial charge in [0.25, 0.3) is 20.2 Å². The smallest absolute Gasteiger partial charge is 1.00 e. The average Bonchev–Trinajstić information content (AvgIpc) is 3.10. The Morgan fingerprint density at radius 2 is 0.621 bits per heavy atom. The molecule has 0 aliphatic carbocycles. The molecule has 0 aromatic carbocycles. The van der Waals surface area contributed by atoms with E-state index in [0.29, 0.717) is 38.5 Å². The van der Waals surface area contributed by atoms with Crippen molar-refractivity contribution in [2.24, 2.45) is 11.8 Å². The fourth-order valence-corrected chi connectivity index (χ4v) is 9.81. The second-order valence-corrected chi connectivity index (χ2v) is 18.6. The molecule has 0 aliphatic rings. The maximum absolute atomic E-state index is 12.1. The molecular formula is C40H78Na2O14S2. The van der Waals surface area contributed by atoms with Crippen LogP contribution < -0.4 is 59.1 Å². The van der Waals surface area contributed by atoms with Gasteiger partial charge in [0, 0.05) is 0 Å². The third-order valence-electron chi connectivity index (χ3n) is 10.9. The molecule has 4 unspecified atom stereocenters. The van der Waals surface area contributed by atoms with E-state index in [-0.39, 0.29) is 100 Å². The van der Waals surface area contributed by atoms with Crippen molar-refractivity contribution in [3.8, 4) is 0 Å². The van der Waals surface area contributed by atoms with Crippen LogP contribution in [0, 0.1) is 11.8 Å². The van der Waals surface area contributed by atoms with Crippen molar-refractivity contribution < 1.29 is 128 Å². The summed E-state index contributed by atoms with van der Waals surface area (Å²) in [7, 11) is -10.2. The molecule has 0 rings (SSSR count). The van der Waals surface area contributed by atoms with Crippen molar-refractivity contribution in [3.05, 3.63) is 0 Å². The molecule has 0 aromatic rings. The summed E-state index contributed by atoms with van der Waals surface area (Å²) < 4.78 is 62.5. The predicted octanol–water partition coefficient (Wildman–Crippen LogP) is 4.03. The molecule has 4 atom stereocenters. The largest absolute Gasteiger partial charge is 1.00 e. The van der Waals surface area contributed by atoms with E-state index in [9.17, 15) is 65.5 Å². The van der Waals surface area contributed by atoms with Crippen LogP contribution >= 0.6 is 0 Å². The van der Waals surface area contributed by atoms with E-state index in [0.717, 1.165) is 103 Å². The average molecular weight is 893 g/mol. The van der Waals surface area contributed by atoms with Crippen molar-refractivity contribution in [2.45, 2.75) is 217 Å². The second kappa shape index (κ2) is 36.2. The summed E-state index contributed by atoms with van der Waals surface area (Å²) in [4.78, 5) is 47.5. The number of rotatable bonds is 36. The minimum absolute atomic E-state index is 0. The van der Waals surface area contributed by atoms with Gasteiger partial charge in [0.1, 0.15) is 0 Å². The van der Waals surface area contributed by atoms with Crippen LogP contribution in [0.3, 0.4) is 0 Å². The summed E-state index contributed by atoms with van der Waals surface area (Å²) in [6.07, 6.45) is 18.9. The van der Waals surface area contributed by atoms with E-state index in [2.05, 4.69) is 27.7 Å². The molecule has 336 valence electrons. The molecule has 0 saturated heterocycles. The van der Waals surface area contributed by atoms with Gasteiger partial charge in [0.2, 0.25) is 9.49 Å². The summed E-state index contributed by atoms with van der Waals surface area (Å²) in [6, 6.07) is 0. The van der Waals surface area contributed by atoms with Crippen molar-refractivity contribution in [2.75, 3.05) is 0 Å². The Kier molecular flexibility index (Phi) is 40.2. The molecule has 14 nitrogen and oxygen atoms in total. The third-order valence-corrected chi connectivity index (χ3v) is 14.0. The van der Waals surface area contributed by atoms with Gasteiger partial charge in [0.15, 0.2) is 0 Å². The summed E-state index contributed by atoms with van der Waals surface area (Å²) >= 11 is 0. The quantitative estimate of drug-likeness (QED) is 0.0295. The standard InChI is InChI=1S/2C20H38O7S.2Na.2H/c2*1-3-5-7-9-11-13-15-17(18(21)22)20(19(23)24,28(25,26)27)16-14-12-10-8-6-4-2;;;;/h2*17H,3-16H2,1-2H3,(H,21,22)(H,23,24)(H,25,26,27);;;;/q;;2*+1;2*-1. The van der Waals surface area contributed by atoms with Crippen LogP contribution in [0.1, 0.15) is 210 Å². The van der Waals surface area contributed by atoms with Gasteiger partial charge >= 0.3 is 83.0 Å². The number of aliphatic carboxylic acids is 4. The van der Waals surface area contributed by atoms with Crippen LogP contribution in [0.25, 0.3) is 0 Å². The molecule has 0 bridgehead atoms. The Balaban J connectivity index is -0.000000228. The number of carboxylic acid groups (broad SMARTS) is 4. The number of unbranched alkanes of at least 4 members (excludes halogenated alkanes) is 20. The summed E-state index contributed by atoms with van der Waals surface area (Å²) in [5.41, 5.74) is 0. The fourth-order valence-electron chi connectivity index (χ4n) is 7.40. The van der Waals surface area contributed by atoms with E-state index in [4.69, 9.17) is 0 Å². The molecule has 0 heterocycles. The first-order valence-electron chi connectivity index (χ1n) is 21.2. The zero-order valence-electron chi connectivity index (χ0n) is 38.7. The molecule has 58 heavy (non-hydrogen) atoms. The van der Waals surface area contributed by atoms with Crippen LogP contribution in [0.5, 0.6) is 0 Å². The Bertz CT molecular complexity index is 1240. The molecule has 18 heteroatoms. The van der Waals surface area contributed by atoms with Gasteiger partial charge in [-0.3, -0.25) is 28.3 Å². The van der Waals surface area contributed by atoms with Crippen molar-refractivity contribution in [3.63, 3.8) is 0 Å². The van der Waals surface area contributed by atoms with Crippen LogP contribution in [-0.4, -0.2) is 79.7 Å². The molecule has 0 aliphatic heterocycles. The minimum Gasteiger partial charge on any atom is -1.00 e. The molecule has 0 fully saturated rings. The Morgan fingerprint density at radius 3 is 0.810 bits per heavy atom. The van der Waals surface area contributed by atoms with Gasteiger partial charge in [0.05, 0.1) is 11.8 Å². The maximum atomic E-state index is 12.1. The minimum atomic E-state index is -5.10. The molecule has 0 spiro atoms. The number of carbonyl (C=O) groups is 4. The first-order valence-corrected chi connectivity index (χ1v) is 24.0. The molecular weight excluding hydrogens is 815 g/mol. The van der Waals surface area contributed by atoms with Gasteiger partial charge in [-0.1, -0.05) is 182 Å². The van der Waals surface area contributed by atoms with Crippen molar-refractivity contribution >= 4 is 44.1 Å². The first kappa shape index (κ1) is 64.3. The third kappa shape index (κ3) is 23.8. The Morgan fingerprint density at radius 1 is 0.414 bits per heavy atom. The first-order chi connectivity index (χ1) is 26.3. The van der Waals surface area contributed by atoms with E-state index < -0.39 is 65.4 Å².